The summed E-state index contributed by atoms with van der Waals surface area (Å²) in [6.07, 6.45) is -0.955. The van der Waals surface area contributed by atoms with Crippen LogP contribution in [0.25, 0.3) is 0 Å². The molecule has 0 saturated carbocycles. The molecule has 0 fully saturated rings. The van der Waals surface area contributed by atoms with Gasteiger partial charge in [0.2, 0.25) is 5.91 Å². The molecule has 2 aromatic carbocycles. The Labute approximate surface area is 214 Å². The number of aromatic hydroxyl groups is 1. The second-order valence-corrected chi connectivity index (χ2v) is 9.33. The van der Waals surface area contributed by atoms with Crippen molar-refractivity contribution in [3.63, 3.8) is 0 Å². The lowest BCUT2D eigenvalue weighted by atomic mass is 10.0. The van der Waals surface area contributed by atoms with Crippen LogP contribution in [0.4, 0.5) is 10.5 Å². The first-order valence-electron chi connectivity index (χ1n) is 11.0. The number of ether oxygens (including phenoxy) is 1. The van der Waals surface area contributed by atoms with Gasteiger partial charge in [-0.15, -0.1) is 0 Å². The third kappa shape index (κ3) is 7.60. The number of para-hydroxylation sites is 1. The first kappa shape index (κ1) is 28.4. The molecular formula is C25H29ClN4O6. The number of nitriles is 1. The van der Waals surface area contributed by atoms with Crippen molar-refractivity contribution in [3.8, 4) is 11.8 Å². The van der Waals surface area contributed by atoms with E-state index in [-0.39, 0.29) is 16.3 Å². The number of hydrogen-bond donors (Lipinski definition) is 4. The standard InChI is InChI=1S/C25H29ClN4O6/c1-15-6-5-7-18(26)20(15)29-22(33)21(16-8-10-17(32)11-9-16)30(13-12-27)23(34)19(14-31)28-24(35)36-25(2,3)4/h5-11,19,21,31-32H,13-14H2,1-4H3,(H,28,35)(H,29,33). The Balaban J connectivity index is 2.48. The fourth-order valence-corrected chi connectivity index (χ4v) is 3.59. The molecular weight excluding hydrogens is 488 g/mol. The van der Waals surface area contributed by atoms with Gasteiger partial charge in [0.15, 0.2) is 0 Å². The van der Waals surface area contributed by atoms with Gasteiger partial charge >= 0.3 is 6.09 Å². The van der Waals surface area contributed by atoms with Gasteiger partial charge in [-0.05, 0) is 57.0 Å². The van der Waals surface area contributed by atoms with Crippen LogP contribution in [0.15, 0.2) is 42.5 Å². The molecule has 3 amide bonds. The lowest BCUT2D eigenvalue weighted by molar-refractivity contribution is -0.140. The van der Waals surface area contributed by atoms with Crippen LogP contribution in [0.1, 0.15) is 37.9 Å². The molecule has 2 unspecified atom stereocenters. The summed E-state index contributed by atoms with van der Waals surface area (Å²) in [6.45, 7) is 5.27. The molecule has 11 heteroatoms. The summed E-state index contributed by atoms with van der Waals surface area (Å²) in [5, 5.41) is 34.3. The molecule has 0 aliphatic carbocycles. The summed E-state index contributed by atoms with van der Waals surface area (Å²) in [7, 11) is 0. The SMILES string of the molecule is Cc1cccc(Cl)c1NC(=O)C(c1ccc(O)cc1)N(CC#N)C(=O)C(CO)NC(=O)OC(C)(C)C. The first-order valence-corrected chi connectivity index (χ1v) is 11.4. The van der Waals surface area contributed by atoms with Gasteiger partial charge in [0.05, 0.1) is 23.4 Å². The van der Waals surface area contributed by atoms with Crippen molar-refractivity contribution in [1.82, 2.24) is 10.2 Å². The molecule has 0 spiro atoms. The largest absolute Gasteiger partial charge is 0.508 e. The van der Waals surface area contributed by atoms with Crippen LogP contribution in [0.3, 0.4) is 0 Å². The third-order valence-electron chi connectivity index (χ3n) is 4.93. The van der Waals surface area contributed by atoms with E-state index in [2.05, 4.69) is 10.6 Å². The molecule has 4 N–H and O–H groups in total. The molecule has 2 rings (SSSR count). The minimum absolute atomic E-state index is 0.0714. The molecule has 0 aliphatic heterocycles. The minimum Gasteiger partial charge on any atom is -0.508 e. The van der Waals surface area contributed by atoms with E-state index in [1.807, 2.05) is 6.07 Å². The van der Waals surface area contributed by atoms with Crippen LogP contribution in [0.5, 0.6) is 5.75 Å². The monoisotopic (exact) mass is 516 g/mol. The average Bonchev–Trinajstić information content (AvgIpc) is 2.79. The Morgan fingerprint density at radius 1 is 1.17 bits per heavy atom. The quantitative estimate of drug-likeness (QED) is 0.393. The molecule has 192 valence electrons. The summed E-state index contributed by atoms with van der Waals surface area (Å²) in [5.74, 6) is -1.67. The van der Waals surface area contributed by atoms with Crippen molar-refractivity contribution in [3.05, 3.63) is 58.6 Å². The predicted molar refractivity (Wildman–Crippen MR) is 133 cm³/mol. The van der Waals surface area contributed by atoms with E-state index >= 15 is 0 Å². The molecule has 0 aliphatic rings. The number of amides is 3. The fraction of sp³-hybridized carbons (Fsp3) is 0.360. The zero-order valence-corrected chi connectivity index (χ0v) is 21.2. The predicted octanol–water partition coefficient (Wildman–Crippen LogP) is 3.27. The number of anilines is 1. The van der Waals surface area contributed by atoms with Crippen molar-refractivity contribution in [1.29, 1.82) is 5.26 Å². The van der Waals surface area contributed by atoms with E-state index in [9.17, 15) is 29.9 Å². The Kier molecular flexibility index (Phi) is 9.67. The number of aryl methyl sites for hydroxylation is 1. The van der Waals surface area contributed by atoms with E-state index in [1.165, 1.54) is 24.3 Å². The third-order valence-corrected chi connectivity index (χ3v) is 5.25. The van der Waals surface area contributed by atoms with Gasteiger partial charge in [-0.25, -0.2) is 4.79 Å². The summed E-state index contributed by atoms with van der Waals surface area (Å²) < 4.78 is 5.15. The van der Waals surface area contributed by atoms with Crippen LogP contribution in [0.2, 0.25) is 5.02 Å². The second-order valence-electron chi connectivity index (χ2n) is 8.92. The lowest BCUT2D eigenvalue weighted by Crippen LogP contribution is -2.54. The zero-order valence-electron chi connectivity index (χ0n) is 20.4. The molecule has 0 radical (unpaired) electrons. The molecule has 2 atom stereocenters. The fourth-order valence-electron chi connectivity index (χ4n) is 3.32. The summed E-state index contributed by atoms with van der Waals surface area (Å²) in [6, 6.07) is 9.51. The number of hydrogen-bond acceptors (Lipinski definition) is 7. The molecule has 2 aromatic rings. The number of nitrogens with zero attached hydrogens (tertiary/aromatic N) is 2. The van der Waals surface area contributed by atoms with Gasteiger partial charge in [-0.3, -0.25) is 9.59 Å². The van der Waals surface area contributed by atoms with E-state index in [0.29, 0.717) is 11.3 Å². The van der Waals surface area contributed by atoms with Crippen molar-refractivity contribution in [2.75, 3.05) is 18.5 Å². The number of rotatable bonds is 8. The summed E-state index contributed by atoms with van der Waals surface area (Å²) in [4.78, 5) is 40.1. The average molecular weight is 517 g/mol. The van der Waals surface area contributed by atoms with Gasteiger partial charge in [-0.1, -0.05) is 35.9 Å². The first-order chi connectivity index (χ1) is 16.9. The van der Waals surface area contributed by atoms with Crippen LogP contribution >= 0.6 is 11.6 Å². The van der Waals surface area contributed by atoms with Crippen molar-refractivity contribution < 1.29 is 29.3 Å². The van der Waals surface area contributed by atoms with E-state index < -0.39 is 48.7 Å². The number of benzene rings is 2. The maximum Gasteiger partial charge on any atom is 0.408 e. The lowest BCUT2D eigenvalue weighted by Gasteiger charge is -2.32. The Morgan fingerprint density at radius 3 is 2.33 bits per heavy atom. The number of halogens is 1. The number of aliphatic hydroxyl groups excluding tert-OH is 1. The van der Waals surface area contributed by atoms with Crippen molar-refractivity contribution in [2.45, 2.75) is 45.4 Å². The number of phenols is 1. The van der Waals surface area contributed by atoms with Crippen LogP contribution in [-0.4, -0.2) is 57.8 Å². The highest BCUT2D eigenvalue weighted by Crippen LogP contribution is 2.29. The molecule has 0 saturated heterocycles. The summed E-state index contributed by atoms with van der Waals surface area (Å²) in [5.41, 5.74) is 0.398. The number of phenolic OH excluding ortho intramolecular Hbond substituents is 1. The van der Waals surface area contributed by atoms with Gasteiger partial charge in [0.1, 0.15) is 30.0 Å². The number of aliphatic hydroxyl groups is 1. The molecule has 10 nitrogen and oxygen atoms in total. The number of nitrogens with one attached hydrogen (secondary N) is 2. The molecule has 0 heterocycles. The zero-order chi connectivity index (χ0) is 27.0. The Bertz CT molecular complexity index is 1120. The smallest absolute Gasteiger partial charge is 0.408 e. The highest BCUT2D eigenvalue weighted by atomic mass is 35.5. The van der Waals surface area contributed by atoms with E-state index in [4.69, 9.17) is 16.3 Å². The Morgan fingerprint density at radius 2 is 1.81 bits per heavy atom. The normalized spacial score (nSPS) is 12.6. The van der Waals surface area contributed by atoms with Crippen LogP contribution in [0, 0.1) is 18.3 Å². The second kappa shape index (κ2) is 12.2. The van der Waals surface area contributed by atoms with Crippen LogP contribution in [-0.2, 0) is 14.3 Å². The van der Waals surface area contributed by atoms with Crippen LogP contribution < -0.4 is 10.6 Å². The molecule has 0 bridgehead atoms. The maximum absolute atomic E-state index is 13.5. The van der Waals surface area contributed by atoms with Crippen molar-refractivity contribution in [2.24, 2.45) is 0 Å². The minimum atomic E-state index is -1.50. The van der Waals surface area contributed by atoms with Gasteiger partial charge < -0.3 is 30.5 Å². The van der Waals surface area contributed by atoms with Gasteiger partial charge in [0, 0.05) is 0 Å². The summed E-state index contributed by atoms with van der Waals surface area (Å²) >= 11 is 6.26. The number of carbonyl (C=O) groups excluding carboxylic acids is 3. The van der Waals surface area contributed by atoms with Gasteiger partial charge in [0.25, 0.3) is 5.91 Å². The van der Waals surface area contributed by atoms with Crippen molar-refractivity contribution >= 4 is 35.2 Å². The topological polar surface area (TPSA) is 152 Å². The van der Waals surface area contributed by atoms with E-state index in [0.717, 1.165) is 4.90 Å². The number of alkyl carbamates (subject to hydrolysis) is 1. The van der Waals surface area contributed by atoms with Gasteiger partial charge in [-0.2, -0.15) is 5.26 Å². The highest BCUT2D eigenvalue weighted by Gasteiger charge is 2.36. The Hall–Kier alpha value is -3.81. The molecule has 36 heavy (non-hydrogen) atoms. The van der Waals surface area contributed by atoms with E-state index in [1.54, 1.807) is 45.9 Å². The highest BCUT2D eigenvalue weighted by molar-refractivity contribution is 6.34. The number of carbonyl (C=O) groups is 3. The maximum atomic E-state index is 13.5. The molecule has 0 aromatic heterocycles.